The molecule has 1 fully saturated rings. The number of nitrogens with zero attached hydrogens (tertiary/aromatic N) is 3. The van der Waals surface area contributed by atoms with Crippen molar-refractivity contribution in [2.24, 2.45) is 0 Å². The lowest BCUT2D eigenvalue weighted by molar-refractivity contribution is 0.399. The first kappa shape index (κ1) is 12.3. The van der Waals surface area contributed by atoms with E-state index in [1.54, 1.807) is 0 Å². The summed E-state index contributed by atoms with van der Waals surface area (Å²) in [6, 6.07) is 1.15. The fourth-order valence-corrected chi connectivity index (χ4v) is 1.89. The van der Waals surface area contributed by atoms with Gasteiger partial charge in [-0.25, -0.2) is 4.98 Å². The second kappa shape index (κ2) is 5.45. The lowest BCUT2D eigenvalue weighted by Crippen LogP contribution is -2.37. The van der Waals surface area contributed by atoms with Crippen molar-refractivity contribution in [3.63, 3.8) is 0 Å². The van der Waals surface area contributed by atoms with Gasteiger partial charge in [0.1, 0.15) is 5.82 Å². The standard InChI is InChI=1S/C13H22N4/c1-10(2)14-7-11-8-16-13(9-15-11)17(3)12-5-4-6-12/h8-10,12,14H,4-7H2,1-3H3. The van der Waals surface area contributed by atoms with E-state index < -0.39 is 0 Å². The van der Waals surface area contributed by atoms with E-state index in [9.17, 15) is 0 Å². The summed E-state index contributed by atoms with van der Waals surface area (Å²) in [6.45, 7) is 5.05. The molecule has 0 bridgehead atoms. The normalized spacial score (nSPS) is 16.0. The van der Waals surface area contributed by atoms with Crippen LogP contribution in [0.1, 0.15) is 38.8 Å². The van der Waals surface area contributed by atoms with Crippen molar-refractivity contribution in [1.82, 2.24) is 15.3 Å². The molecule has 94 valence electrons. The third kappa shape index (κ3) is 3.16. The molecule has 0 radical (unpaired) electrons. The Balaban J connectivity index is 1.92. The third-order valence-corrected chi connectivity index (χ3v) is 3.37. The van der Waals surface area contributed by atoms with Gasteiger partial charge in [0.25, 0.3) is 0 Å². The van der Waals surface area contributed by atoms with Crippen molar-refractivity contribution in [1.29, 1.82) is 0 Å². The average Bonchev–Trinajstić information content (AvgIpc) is 2.24. The molecular formula is C13H22N4. The minimum Gasteiger partial charge on any atom is -0.355 e. The zero-order valence-corrected chi connectivity index (χ0v) is 11.0. The first-order valence-corrected chi connectivity index (χ1v) is 6.44. The zero-order valence-electron chi connectivity index (χ0n) is 11.0. The molecule has 17 heavy (non-hydrogen) atoms. The van der Waals surface area contributed by atoms with Crippen LogP contribution in [0.4, 0.5) is 5.82 Å². The fourth-order valence-electron chi connectivity index (χ4n) is 1.89. The number of nitrogens with one attached hydrogen (secondary N) is 1. The molecule has 0 unspecified atom stereocenters. The summed E-state index contributed by atoms with van der Waals surface area (Å²) in [5.41, 5.74) is 1.00. The highest BCUT2D eigenvalue weighted by molar-refractivity contribution is 5.36. The Morgan fingerprint density at radius 1 is 1.35 bits per heavy atom. The maximum absolute atomic E-state index is 4.48. The Morgan fingerprint density at radius 3 is 2.59 bits per heavy atom. The van der Waals surface area contributed by atoms with Gasteiger partial charge in [-0.2, -0.15) is 0 Å². The summed E-state index contributed by atoms with van der Waals surface area (Å²) in [6.07, 6.45) is 7.68. The number of hydrogen-bond donors (Lipinski definition) is 1. The van der Waals surface area contributed by atoms with Crippen LogP contribution in [0, 0.1) is 0 Å². The number of hydrogen-bond acceptors (Lipinski definition) is 4. The highest BCUT2D eigenvalue weighted by Gasteiger charge is 2.22. The van der Waals surface area contributed by atoms with Gasteiger partial charge in [0.05, 0.1) is 18.1 Å². The van der Waals surface area contributed by atoms with Crippen molar-refractivity contribution < 1.29 is 0 Å². The van der Waals surface area contributed by atoms with Crippen molar-refractivity contribution >= 4 is 5.82 Å². The van der Waals surface area contributed by atoms with Crippen LogP contribution in [0.25, 0.3) is 0 Å². The minimum atomic E-state index is 0.481. The van der Waals surface area contributed by atoms with Gasteiger partial charge < -0.3 is 10.2 Å². The van der Waals surface area contributed by atoms with Crippen molar-refractivity contribution in [2.45, 2.75) is 51.7 Å². The predicted molar refractivity (Wildman–Crippen MR) is 70.0 cm³/mol. The second-order valence-electron chi connectivity index (χ2n) is 5.10. The molecule has 0 aliphatic heterocycles. The lowest BCUT2D eigenvalue weighted by atomic mass is 9.92. The number of aromatic nitrogens is 2. The van der Waals surface area contributed by atoms with Crippen molar-refractivity contribution in [2.75, 3.05) is 11.9 Å². The van der Waals surface area contributed by atoms with E-state index >= 15 is 0 Å². The molecule has 0 spiro atoms. The van der Waals surface area contributed by atoms with Gasteiger partial charge >= 0.3 is 0 Å². The van der Waals surface area contributed by atoms with E-state index in [1.807, 2.05) is 12.4 Å². The van der Waals surface area contributed by atoms with E-state index in [0.29, 0.717) is 12.1 Å². The van der Waals surface area contributed by atoms with Crippen molar-refractivity contribution in [3.05, 3.63) is 18.1 Å². The highest BCUT2D eigenvalue weighted by Crippen LogP contribution is 2.26. The molecule has 0 aromatic carbocycles. The maximum atomic E-state index is 4.48. The SMILES string of the molecule is CC(C)NCc1cnc(N(C)C2CCC2)cn1. The number of rotatable bonds is 5. The average molecular weight is 234 g/mol. The van der Waals surface area contributed by atoms with Gasteiger partial charge in [-0.3, -0.25) is 4.98 Å². The van der Waals surface area contributed by atoms with Gasteiger partial charge in [-0.1, -0.05) is 13.8 Å². The molecule has 0 amide bonds. The molecule has 4 heteroatoms. The quantitative estimate of drug-likeness (QED) is 0.845. The first-order valence-electron chi connectivity index (χ1n) is 6.44. The van der Waals surface area contributed by atoms with Gasteiger partial charge in [0.15, 0.2) is 0 Å². The van der Waals surface area contributed by atoms with Crippen LogP contribution in [0.5, 0.6) is 0 Å². The Labute approximate surface area is 103 Å². The second-order valence-corrected chi connectivity index (χ2v) is 5.10. The van der Waals surface area contributed by atoms with Crippen LogP contribution < -0.4 is 10.2 Å². The van der Waals surface area contributed by atoms with Crippen LogP contribution in [0.3, 0.4) is 0 Å². The molecule has 1 aliphatic carbocycles. The van der Waals surface area contributed by atoms with E-state index in [-0.39, 0.29) is 0 Å². The molecule has 1 aromatic rings. The molecule has 1 saturated carbocycles. The molecule has 2 rings (SSSR count). The predicted octanol–water partition coefficient (Wildman–Crippen LogP) is 1.96. The largest absolute Gasteiger partial charge is 0.355 e. The summed E-state index contributed by atoms with van der Waals surface area (Å²) < 4.78 is 0. The van der Waals surface area contributed by atoms with Gasteiger partial charge in [-0.05, 0) is 19.3 Å². The van der Waals surface area contributed by atoms with Gasteiger partial charge in [0.2, 0.25) is 0 Å². The van der Waals surface area contributed by atoms with Crippen LogP contribution in [0.2, 0.25) is 0 Å². The van der Waals surface area contributed by atoms with Crippen molar-refractivity contribution in [3.8, 4) is 0 Å². The summed E-state index contributed by atoms with van der Waals surface area (Å²) >= 11 is 0. The first-order chi connectivity index (χ1) is 8.16. The lowest BCUT2D eigenvalue weighted by Gasteiger charge is -2.35. The molecule has 1 N–H and O–H groups in total. The summed E-state index contributed by atoms with van der Waals surface area (Å²) in [5.74, 6) is 0.989. The topological polar surface area (TPSA) is 41.1 Å². The fraction of sp³-hybridized carbons (Fsp3) is 0.692. The van der Waals surface area contributed by atoms with Crippen LogP contribution in [0.15, 0.2) is 12.4 Å². The third-order valence-electron chi connectivity index (χ3n) is 3.37. The van der Waals surface area contributed by atoms with E-state index in [2.05, 4.69) is 41.1 Å². The summed E-state index contributed by atoms with van der Waals surface area (Å²) in [5, 5.41) is 3.34. The molecule has 4 nitrogen and oxygen atoms in total. The van der Waals surface area contributed by atoms with Crippen LogP contribution in [-0.2, 0) is 6.54 Å². The van der Waals surface area contributed by atoms with E-state index in [0.717, 1.165) is 18.1 Å². The summed E-state index contributed by atoms with van der Waals surface area (Å²) in [4.78, 5) is 11.2. The molecule has 0 saturated heterocycles. The Morgan fingerprint density at radius 2 is 2.12 bits per heavy atom. The number of anilines is 1. The summed E-state index contributed by atoms with van der Waals surface area (Å²) in [7, 11) is 2.11. The maximum Gasteiger partial charge on any atom is 0.147 e. The van der Waals surface area contributed by atoms with Crippen LogP contribution >= 0.6 is 0 Å². The van der Waals surface area contributed by atoms with Crippen LogP contribution in [-0.4, -0.2) is 29.1 Å². The van der Waals surface area contributed by atoms with Gasteiger partial charge in [0, 0.05) is 25.7 Å². The molecule has 1 aliphatic rings. The molecule has 0 atom stereocenters. The zero-order chi connectivity index (χ0) is 12.3. The highest BCUT2D eigenvalue weighted by atomic mass is 15.2. The minimum absolute atomic E-state index is 0.481. The Hall–Kier alpha value is -1.16. The smallest absolute Gasteiger partial charge is 0.147 e. The molecular weight excluding hydrogens is 212 g/mol. The Kier molecular flexibility index (Phi) is 3.94. The van der Waals surface area contributed by atoms with Gasteiger partial charge in [-0.15, -0.1) is 0 Å². The molecule has 1 heterocycles. The van der Waals surface area contributed by atoms with E-state index in [4.69, 9.17) is 0 Å². The monoisotopic (exact) mass is 234 g/mol. The van der Waals surface area contributed by atoms with E-state index in [1.165, 1.54) is 19.3 Å². The molecule has 1 aromatic heterocycles. The Bertz CT molecular complexity index is 343.